The molecule has 0 bridgehead atoms. The number of hydrogen-bond donors (Lipinski definition) is 1. The van der Waals surface area contributed by atoms with Crippen LogP contribution in [0.1, 0.15) is 36.2 Å². The number of nitrogens with one attached hydrogen (secondary N) is 1. The van der Waals surface area contributed by atoms with Crippen molar-refractivity contribution in [3.8, 4) is 0 Å². The van der Waals surface area contributed by atoms with E-state index in [0.29, 0.717) is 5.69 Å². The van der Waals surface area contributed by atoms with Crippen LogP contribution in [0, 0.1) is 24.0 Å². The summed E-state index contributed by atoms with van der Waals surface area (Å²) in [5.41, 5.74) is 2.42. The SMILES string of the molecule is CCC(NC(=O)Cn1cc([N+](=O)[O-])c(C)n1)c1ccc(C)cc1. The van der Waals surface area contributed by atoms with Crippen molar-refractivity contribution in [1.82, 2.24) is 15.1 Å². The topological polar surface area (TPSA) is 90.1 Å². The summed E-state index contributed by atoms with van der Waals surface area (Å²) in [4.78, 5) is 22.5. The maximum absolute atomic E-state index is 12.2. The van der Waals surface area contributed by atoms with E-state index in [4.69, 9.17) is 0 Å². The molecule has 1 N–H and O–H groups in total. The molecular weight excluding hydrogens is 296 g/mol. The van der Waals surface area contributed by atoms with Gasteiger partial charge in [0.2, 0.25) is 5.91 Å². The smallest absolute Gasteiger partial charge is 0.309 e. The molecular formula is C16H20N4O3. The summed E-state index contributed by atoms with van der Waals surface area (Å²) in [6.07, 6.45) is 2.04. The third kappa shape index (κ3) is 4.15. The van der Waals surface area contributed by atoms with E-state index in [2.05, 4.69) is 10.4 Å². The van der Waals surface area contributed by atoms with Crippen LogP contribution < -0.4 is 5.32 Å². The number of benzene rings is 1. The minimum absolute atomic E-state index is 0.0446. The van der Waals surface area contributed by atoms with Gasteiger partial charge in [-0.15, -0.1) is 0 Å². The van der Waals surface area contributed by atoms with Crippen LogP contribution in [0.15, 0.2) is 30.5 Å². The minimum atomic E-state index is -0.502. The van der Waals surface area contributed by atoms with Crippen molar-refractivity contribution in [3.05, 3.63) is 57.4 Å². The quantitative estimate of drug-likeness (QED) is 0.655. The van der Waals surface area contributed by atoms with Crippen LogP contribution >= 0.6 is 0 Å². The van der Waals surface area contributed by atoms with Crippen LogP contribution in [-0.2, 0) is 11.3 Å². The van der Waals surface area contributed by atoms with Crippen LogP contribution in [-0.4, -0.2) is 20.6 Å². The van der Waals surface area contributed by atoms with Crippen molar-refractivity contribution in [3.63, 3.8) is 0 Å². The molecule has 0 fully saturated rings. The van der Waals surface area contributed by atoms with Crippen molar-refractivity contribution in [2.75, 3.05) is 0 Å². The van der Waals surface area contributed by atoms with Gasteiger partial charge in [0.25, 0.3) is 0 Å². The molecule has 0 saturated carbocycles. The first kappa shape index (κ1) is 16.7. The Morgan fingerprint density at radius 3 is 2.52 bits per heavy atom. The first-order valence-corrected chi connectivity index (χ1v) is 7.45. The molecule has 1 unspecified atom stereocenters. The lowest BCUT2D eigenvalue weighted by Gasteiger charge is -2.17. The molecule has 0 radical (unpaired) electrons. The van der Waals surface area contributed by atoms with Crippen molar-refractivity contribution in [2.24, 2.45) is 0 Å². The Morgan fingerprint density at radius 1 is 1.35 bits per heavy atom. The molecule has 2 rings (SSSR count). The van der Waals surface area contributed by atoms with Crippen LogP contribution in [0.5, 0.6) is 0 Å². The summed E-state index contributed by atoms with van der Waals surface area (Å²) >= 11 is 0. The standard InChI is InChI=1S/C16H20N4O3/c1-4-14(13-7-5-11(2)6-8-13)17-16(21)10-19-9-15(20(22)23)12(3)18-19/h5-9,14H,4,10H2,1-3H3,(H,17,21). The molecule has 1 heterocycles. The first-order valence-electron chi connectivity index (χ1n) is 7.45. The lowest BCUT2D eigenvalue weighted by molar-refractivity contribution is -0.385. The fraction of sp³-hybridized carbons (Fsp3) is 0.375. The summed E-state index contributed by atoms with van der Waals surface area (Å²) < 4.78 is 1.30. The predicted octanol–water partition coefficient (Wildman–Crippen LogP) is 2.68. The molecule has 1 aromatic carbocycles. The lowest BCUT2D eigenvalue weighted by atomic mass is 10.0. The number of amides is 1. The largest absolute Gasteiger partial charge is 0.348 e. The van der Waals surface area contributed by atoms with Gasteiger partial charge in [0, 0.05) is 0 Å². The van der Waals surface area contributed by atoms with E-state index in [1.165, 1.54) is 10.9 Å². The normalized spacial score (nSPS) is 12.0. The zero-order valence-electron chi connectivity index (χ0n) is 13.4. The highest BCUT2D eigenvalue weighted by Gasteiger charge is 2.18. The van der Waals surface area contributed by atoms with Crippen LogP contribution in [0.3, 0.4) is 0 Å². The van der Waals surface area contributed by atoms with E-state index < -0.39 is 4.92 Å². The van der Waals surface area contributed by atoms with Crippen molar-refractivity contribution in [2.45, 2.75) is 39.8 Å². The molecule has 0 spiro atoms. The molecule has 1 aromatic heterocycles. The summed E-state index contributed by atoms with van der Waals surface area (Å²) in [7, 11) is 0. The summed E-state index contributed by atoms with van der Waals surface area (Å²) in [5.74, 6) is -0.227. The predicted molar refractivity (Wildman–Crippen MR) is 86.0 cm³/mol. The number of hydrogen-bond acceptors (Lipinski definition) is 4. The van der Waals surface area contributed by atoms with E-state index >= 15 is 0 Å². The van der Waals surface area contributed by atoms with Gasteiger partial charge in [-0.25, -0.2) is 0 Å². The molecule has 1 amide bonds. The van der Waals surface area contributed by atoms with Crippen molar-refractivity contribution < 1.29 is 9.72 Å². The third-order valence-electron chi connectivity index (χ3n) is 3.65. The third-order valence-corrected chi connectivity index (χ3v) is 3.65. The van der Waals surface area contributed by atoms with Gasteiger partial charge in [0.15, 0.2) is 0 Å². The Labute approximate surface area is 134 Å². The highest BCUT2D eigenvalue weighted by Crippen LogP contribution is 2.18. The number of nitrogens with zero attached hydrogens (tertiary/aromatic N) is 3. The van der Waals surface area contributed by atoms with Crippen LogP contribution in [0.2, 0.25) is 0 Å². The second kappa shape index (κ2) is 7.04. The van der Waals surface area contributed by atoms with Crippen LogP contribution in [0.4, 0.5) is 5.69 Å². The molecule has 23 heavy (non-hydrogen) atoms. The second-order valence-corrected chi connectivity index (χ2v) is 5.49. The minimum Gasteiger partial charge on any atom is -0.348 e. The maximum atomic E-state index is 12.2. The van der Waals surface area contributed by atoms with E-state index in [9.17, 15) is 14.9 Å². The number of aromatic nitrogens is 2. The highest BCUT2D eigenvalue weighted by atomic mass is 16.6. The molecule has 0 aliphatic rings. The van der Waals surface area contributed by atoms with Gasteiger partial charge in [0.05, 0.1) is 11.0 Å². The number of carbonyl (C=O) groups is 1. The van der Waals surface area contributed by atoms with Gasteiger partial charge in [-0.05, 0) is 25.8 Å². The van der Waals surface area contributed by atoms with Gasteiger partial charge in [-0.2, -0.15) is 5.10 Å². The number of aryl methyl sites for hydroxylation is 2. The lowest BCUT2D eigenvalue weighted by Crippen LogP contribution is -2.31. The highest BCUT2D eigenvalue weighted by molar-refractivity contribution is 5.76. The Bertz CT molecular complexity index is 707. The van der Waals surface area contributed by atoms with E-state index in [0.717, 1.165) is 17.5 Å². The Hall–Kier alpha value is -2.70. The molecule has 2 aromatic rings. The van der Waals surface area contributed by atoms with Crippen molar-refractivity contribution in [1.29, 1.82) is 0 Å². The Kier molecular flexibility index (Phi) is 5.10. The van der Waals surface area contributed by atoms with Gasteiger partial charge in [0.1, 0.15) is 18.4 Å². The first-order chi connectivity index (χ1) is 10.9. The molecule has 0 saturated heterocycles. The van der Waals surface area contributed by atoms with Gasteiger partial charge < -0.3 is 5.32 Å². The number of rotatable bonds is 6. The summed E-state index contributed by atoms with van der Waals surface area (Å²) in [6.45, 7) is 5.51. The van der Waals surface area contributed by atoms with Gasteiger partial charge in [-0.1, -0.05) is 36.8 Å². The number of nitro groups is 1. The zero-order valence-corrected chi connectivity index (χ0v) is 13.4. The van der Waals surface area contributed by atoms with Gasteiger partial charge >= 0.3 is 5.69 Å². The van der Waals surface area contributed by atoms with E-state index in [1.807, 2.05) is 38.1 Å². The second-order valence-electron chi connectivity index (χ2n) is 5.49. The summed E-state index contributed by atoms with van der Waals surface area (Å²) in [5, 5.41) is 17.8. The fourth-order valence-corrected chi connectivity index (χ4v) is 2.37. The van der Waals surface area contributed by atoms with E-state index in [-0.39, 0.29) is 24.2 Å². The van der Waals surface area contributed by atoms with Crippen molar-refractivity contribution >= 4 is 11.6 Å². The molecule has 1 atom stereocenters. The van der Waals surface area contributed by atoms with Gasteiger partial charge in [-0.3, -0.25) is 19.6 Å². The number of carbonyl (C=O) groups excluding carboxylic acids is 1. The average molecular weight is 316 g/mol. The molecule has 7 heteroatoms. The monoisotopic (exact) mass is 316 g/mol. The van der Waals surface area contributed by atoms with Crippen LogP contribution in [0.25, 0.3) is 0 Å². The Morgan fingerprint density at radius 2 is 2.00 bits per heavy atom. The Balaban J connectivity index is 2.04. The van der Waals surface area contributed by atoms with E-state index in [1.54, 1.807) is 6.92 Å². The molecule has 7 nitrogen and oxygen atoms in total. The maximum Gasteiger partial charge on any atom is 0.309 e. The molecule has 0 aliphatic heterocycles. The average Bonchev–Trinajstić information content (AvgIpc) is 2.86. The fourth-order valence-electron chi connectivity index (χ4n) is 2.37. The summed E-state index contributed by atoms with van der Waals surface area (Å²) in [6, 6.07) is 7.91. The molecule has 0 aliphatic carbocycles. The zero-order chi connectivity index (χ0) is 17.0. The molecule has 122 valence electrons.